The highest BCUT2D eigenvalue weighted by Gasteiger charge is 2.31. The summed E-state index contributed by atoms with van der Waals surface area (Å²) >= 11 is 6.93. The van der Waals surface area contributed by atoms with Crippen molar-refractivity contribution < 1.29 is 26.4 Å². The molecule has 0 saturated heterocycles. The van der Waals surface area contributed by atoms with E-state index in [1.165, 1.54) is 38.4 Å². The Morgan fingerprint density at radius 3 is 2.41 bits per heavy atom. The van der Waals surface area contributed by atoms with Crippen LogP contribution in [0.15, 0.2) is 46.5 Å². The topological polar surface area (TPSA) is 79.4 Å². The number of benzene rings is 1. The van der Waals surface area contributed by atoms with Crippen molar-refractivity contribution in [1.29, 1.82) is 0 Å². The summed E-state index contributed by atoms with van der Waals surface area (Å²) in [5.41, 5.74) is -0.664. The Labute approximate surface area is 175 Å². The van der Waals surface area contributed by atoms with Crippen molar-refractivity contribution in [2.45, 2.75) is 28.3 Å². The maximum Gasteiger partial charge on any atom is 0.417 e. The number of nitrogens with one attached hydrogen (secondary N) is 1. The monoisotopic (exact) mass is 467 g/mol. The summed E-state index contributed by atoms with van der Waals surface area (Å²) in [6.07, 6.45) is -3.79. The molecule has 1 unspecified atom stereocenters. The quantitative estimate of drug-likeness (QED) is 0.646. The Morgan fingerprint density at radius 1 is 1.24 bits per heavy atom. The largest absolute Gasteiger partial charge is 0.417 e. The third-order valence-electron chi connectivity index (χ3n) is 3.69. The number of anilines is 1. The van der Waals surface area contributed by atoms with Gasteiger partial charge in [-0.15, -0.1) is 0 Å². The van der Waals surface area contributed by atoms with E-state index in [4.69, 9.17) is 11.6 Å². The molecule has 0 saturated carbocycles. The first-order chi connectivity index (χ1) is 13.3. The lowest BCUT2D eigenvalue weighted by Gasteiger charge is -2.15. The predicted octanol–water partition coefficient (Wildman–Crippen LogP) is 4.12. The second kappa shape index (κ2) is 8.90. The Morgan fingerprint density at radius 2 is 1.90 bits per heavy atom. The highest BCUT2D eigenvalue weighted by molar-refractivity contribution is 8.00. The fraction of sp³-hybridized carbons (Fsp3) is 0.294. The van der Waals surface area contributed by atoms with Crippen LogP contribution in [0.3, 0.4) is 0 Å². The molecule has 2 aromatic rings. The van der Waals surface area contributed by atoms with E-state index in [1.54, 1.807) is 6.92 Å². The number of hydrogen-bond donors (Lipinski definition) is 1. The number of carbonyl (C=O) groups is 1. The van der Waals surface area contributed by atoms with Gasteiger partial charge in [0.05, 0.1) is 20.9 Å². The van der Waals surface area contributed by atoms with Crippen LogP contribution in [0.5, 0.6) is 0 Å². The molecule has 1 aromatic heterocycles. The van der Waals surface area contributed by atoms with E-state index in [0.29, 0.717) is 6.20 Å². The number of rotatable bonds is 6. The summed E-state index contributed by atoms with van der Waals surface area (Å²) in [4.78, 5) is 15.9. The highest BCUT2D eigenvalue weighted by atomic mass is 35.5. The van der Waals surface area contributed by atoms with Crippen LogP contribution in [0.2, 0.25) is 5.02 Å². The number of sulfonamides is 1. The minimum absolute atomic E-state index is 0.00748. The lowest BCUT2D eigenvalue weighted by atomic mass is 10.3. The normalized spacial score (nSPS) is 13.4. The number of thioether (sulfide) groups is 1. The molecule has 1 atom stereocenters. The SMILES string of the molecule is CC(Sc1ccc(C(F)(F)F)cn1)C(=O)Nc1ccc(Cl)c(S(=O)(=O)N(C)C)c1. The van der Waals surface area contributed by atoms with Crippen molar-refractivity contribution in [3.63, 3.8) is 0 Å². The van der Waals surface area contributed by atoms with Gasteiger partial charge in [-0.05, 0) is 37.3 Å². The number of alkyl halides is 3. The van der Waals surface area contributed by atoms with E-state index in [1.807, 2.05) is 0 Å². The first-order valence-corrected chi connectivity index (χ1v) is 10.7. The van der Waals surface area contributed by atoms with Gasteiger partial charge in [0.2, 0.25) is 15.9 Å². The summed E-state index contributed by atoms with van der Waals surface area (Å²) in [6, 6.07) is 6.10. The van der Waals surface area contributed by atoms with E-state index in [0.717, 1.165) is 22.1 Å². The Hall–Kier alpha value is -1.82. The Bertz CT molecular complexity index is 997. The number of hydrogen-bond acceptors (Lipinski definition) is 5. The third kappa shape index (κ3) is 5.84. The summed E-state index contributed by atoms with van der Waals surface area (Å²) in [5, 5.41) is 2.11. The zero-order valence-corrected chi connectivity index (χ0v) is 17.9. The zero-order valence-electron chi connectivity index (χ0n) is 15.5. The van der Waals surface area contributed by atoms with Crippen molar-refractivity contribution in [3.8, 4) is 0 Å². The number of pyridine rings is 1. The van der Waals surface area contributed by atoms with Crippen molar-refractivity contribution >= 4 is 45.0 Å². The molecular weight excluding hydrogens is 451 g/mol. The fourth-order valence-corrected chi connectivity index (χ4v) is 4.25. The molecule has 158 valence electrons. The van der Waals surface area contributed by atoms with Gasteiger partial charge in [-0.2, -0.15) is 13.2 Å². The highest BCUT2D eigenvalue weighted by Crippen LogP contribution is 2.31. The van der Waals surface area contributed by atoms with E-state index in [2.05, 4.69) is 10.3 Å². The molecule has 2 rings (SSSR count). The van der Waals surface area contributed by atoms with Gasteiger partial charge in [0.15, 0.2) is 0 Å². The molecule has 0 radical (unpaired) electrons. The van der Waals surface area contributed by atoms with Gasteiger partial charge < -0.3 is 5.32 Å². The lowest BCUT2D eigenvalue weighted by Crippen LogP contribution is -2.24. The van der Waals surface area contributed by atoms with E-state index >= 15 is 0 Å². The molecule has 6 nitrogen and oxygen atoms in total. The van der Waals surface area contributed by atoms with Crippen LogP contribution < -0.4 is 5.32 Å². The van der Waals surface area contributed by atoms with Gasteiger partial charge >= 0.3 is 6.18 Å². The van der Waals surface area contributed by atoms with Gasteiger partial charge in [0.25, 0.3) is 0 Å². The number of amides is 1. The summed E-state index contributed by atoms with van der Waals surface area (Å²) in [7, 11) is -1.10. The van der Waals surface area contributed by atoms with Crippen LogP contribution in [0, 0.1) is 0 Å². The molecular formula is C17H17ClF3N3O3S2. The first-order valence-electron chi connectivity index (χ1n) is 8.05. The molecule has 0 spiro atoms. The Kier molecular flexibility index (Phi) is 7.20. The van der Waals surface area contributed by atoms with Crippen LogP contribution >= 0.6 is 23.4 Å². The molecule has 0 bridgehead atoms. The second-order valence-corrected chi connectivity index (χ2v) is 9.95. The average molecular weight is 468 g/mol. The van der Waals surface area contributed by atoms with Gasteiger partial charge in [-0.1, -0.05) is 23.4 Å². The standard InChI is InChI=1S/C17H17ClF3N3O3S2/c1-10(28-15-7-4-11(9-22-15)17(19,20)21)16(25)23-12-5-6-13(18)14(8-12)29(26,27)24(2)3/h4-10H,1-3H3,(H,23,25). The molecule has 0 aliphatic heterocycles. The third-order valence-corrected chi connectivity index (χ3v) is 7.04. The molecule has 1 N–H and O–H groups in total. The molecule has 0 aliphatic rings. The summed E-state index contributed by atoms with van der Waals surface area (Å²) in [6.45, 7) is 1.55. The number of halogens is 4. The molecule has 1 heterocycles. The maximum absolute atomic E-state index is 12.6. The number of carbonyl (C=O) groups excluding carboxylic acids is 1. The Balaban J connectivity index is 2.12. The van der Waals surface area contributed by atoms with Crippen molar-refractivity contribution in [1.82, 2.24) is 9.29 Å². The van der Waals surface area contributed by atoms with Crippen LogP contribution in [0.4, 0.5) is 18.9 Å². The predicted molar refractivity (Wildman–Crippen MR) is 106 cm³/mol. The number of nitrogens with zero attached hydrogens (tertiary/aromatic N) is 2. The van der Waals surface area contributed by atoms with Crippen molar-refractivity contribution in [3.05, 3.63) is 47.1 Å². The van der Waals surface area contributed by atoms with Gasteiger partial charge in [0, 0.05) is 26.0 Å². The van der Waals surface area contributed by atoms with Crippen molar-refractivity contribution in [2.24, 2.45) is 0 Å². The molecule has 0 fully saturated rings. The fourth-order valence-electron chi connectivity index (χ4n) is 2.07. The van der Waals surface area contributed by atoms with Crippen LogP contribution in [-0.2, 0) is 21.0 Å². The van der Waals surface area contributed by atoms with E-state index in [9.17, 15) is 26.4 Å². The van der Waals surface area contributed by atoms with E-state index in [-0.39, 0.29) is 20.6 Å². The van der Waals surface area contributed by atoms with Crippen LogP contribution in [-0.4, -0.2) is 43.0 Å². The maximum atomic E-state index is 12.6. The lowest BCUT2D eigenvalue weighted by molar-refractivity contribution is -0.137. The van der Waals surface area contributed by atoms with Gasteiger partial charge in [-0.25, -0.2) is 17.7 Å². The van der Waals surface area contributed by atoms with Gasteiger partial charge in [-0.3, -0.25) is 4.79 Å². The van der Waals surface area contributed by atoms with Crippen molar-refractivity contribution in [2.75, 3.05) is 19.4 Å². The minimum Gasteiger partial charge on any atom is -0.325 e. The zero-order chi connectivity index (χ0) is 22.0. The first kappa shape index (κ1) is 23.5. The van der Waals surface area contributed by atoms with Gasteiger partial charge in [0.1, 0.15) is 4.90 Å². The number of aromatic nitrogens is 1. The molecule has 0 aliphatic carbocycles. The van der Waals surface area contributed by atoms with E-state index < -0.39 is 32.9 Å². The smallest absolute Gasteiger partial charge is 0.325 e. The summed E-state index contributed by atoms with van der Waals surface area (Å²) < 4.78 is 63.3. The second-order valence-electron chi connectivity index (χ2n) is 6.06. The summed E-state index contributed by atoms with van der Waals surface area (Å²) in [5.74, 6) is -0.479. The molecule has 1 aromatic carbocycles. The molecule has 1 amide bonds. The van der Waals surface area contributed by atoms with Crippen LogP contribution in [0.25, 0.3) is 0 Å². The minimum atomic E-state index is -4.49. The van der Waals surface area contributed by atoms with Crippen LogP contribution in [0.1, 0.15) is 12.5 Å². The molecule has 29 heavy (non-hydrogen) atoms. The molecule has 12 heteroatoms. The average Bonchev–Trinajstić information content (AvgIpc) is 2.62.